The Kier molecular flexibility index (Phi) is 10.1. The van der Waals surface area contributed by atoms with Crippen LogP contribution in [-0.2, 0) is 9.53 Å². The Morgan fingerprint density at radius 3 is 2.56 bits per heavy atom. The van der Waals surface area contributed by atoms with Gasteiger partial charge in [-0.15, -0.1) is 0 Å². The van der Waals surface area contributed by atoms with Gasteiger partial charge in [0.15, 0.2) is 0 Å². The van der Waals surface area contributed by atoms with E-state index in [1.54, 1.807) is 4.90 Å². The summed E-state index contributed by atoms with van der Waals surface area (Å²) in [4.78, 5) is 25.9. The van der Waals surface area contributed by atoms with Crippen molar-refractivity contribution in [3.63, 3.8) is 0 Å². The molecule has 1 aliphatic heterocycles. The van der Waals surface area contributed by atoms with Crippen LogP contribution in [-0.4, -0.2) is 53.8 Å². The minimum atomic E-state index is -0.362. The zero-order valence-corrected chi connectivity index (χ0v) is 17.0. The second kappa shape index (κ2) is 12.3. The van der Waals surface area contributed by atoms with Gasteiger partial charge in [-0.1, -0.05) is 44.9 Å². The molecule has 2 aliphatic rings. The predicted molar refractivity (Wildman–Crippen MR) is 105 cm³/mol. The molecule has 3 amide bonds. The molecule has 0 aromatic rings. The lowest BCUT2D eigenvalue weighted by molar-refractivity contribution is -0.121. The lowest BCUT2D eigenvalue weighted by atomic mass is 9.84. The third-order valence-corrected chi connectivity index (χ3v) is 6.00. The molecule has 1 heterocycles. The van der Waals surface area contributed by atoms with E-state index in [1.807, 2.05) is 6.92 Å². The van der Waals surface area contributed by atoms with Crippen molar-refractivity contribution in [2.24, 2.45) is 5.92 Å². The molecule has 2 rings (SSSR count). The van der Waals surface area contributed by atoms with Gasteiger partial charge in [-0.25, -0.2) is 4.79 Å². The summed E-state index contributed by atoms with van der Waals surface area (Å²) >= 11 is 0. The monoisotopic (exact) mass is 382 g/mol. The number of nitrogens with zero attached hydrogens (tertiary/aromatic N) is 1. The summed E-state index contributed by atoms with van der Waals surface area (Å²) in [6, 6.07) is -0.656. The van der Waals surface area contributed by atoms with Gasteiger partial charge < -0.3 is 14.7 Å². The van der Waals surface area contributed by atoms with Crippen LogP contribution in [0.15, 0.2) is 0 Å². The number of aliphatic hydroxyl groups excluding tert-OH is 1. The quantitative estimate of drug-likeness (QED) is 0.377. The molecule has 0 bridgehead atoms. The molecule has 1 saturated heterocycles. The molecule has 2 fully saturated rings. The highest BCUT2D eigenvalue weighted by Gasteiger charge is 2.38. The third kappa shape index (κ3) is 7.41. The van der Waals surface area contributed by atoms with Gasteiger partial charge in [-0.2, -0.15) is 0 Å². The number of urea groups is 1. The predicted octanol–water partition coefficient (Wildman–Crippen LogP) is 3.62. The first-order chi connectivity index (χ1) is 13.1. The lowest BCUT2D eigenvalue weighted by Gasteiger charge is -2.29. The van der Waals surface area contributed by atoms with Crippen LogP contribution in [0, 0.1) is 5.92 Å². The van der Waals surface area contributed by atoms with E-state index in [4.69, 9.17) is 4.74 Å². The molecule has 2 unspecified atom stereocenters. The maximum Gasteiger partial charge on any atom is 0.324 e. The first kappa shape index (κ1) is 22.2. The zero-order chi connectivity index (χ0) is 19.5. The van der Waals surface area contributed by atoms with Gasteiger partial charge in [-0.3, -0.25) is 10.1 Å². The summed E-state index contributed by atoms with van der Waals surface area (Å²) < 4.78 is 5.33. The Hall–Kier alpha value is -1.14. The van der Waals surface area contributed by atoms with Crippen molar-refractivity contribution in [3.8, 4) is 0 Å². The number of imide groups is 1. The van der Waals surface area contributed by atoms with Gasteiger partial charge >= 0.3 is 6.03 Å². The molecular formula is C21H38N2O4. The molecule has 0 aromatic heterocycles. The number of unbranched alkanes of at least 4 members (excludes halogenated alkanes) is 4. The number of rotatable bonds is 13. The van der Waals surface area contributed by atoms with Crippen LogP contribution < -0.4 is 5.32 Å². The van der Waals surface area contributed by atoms with Crippen LogP contribution >= 0.6 is 0 Å². The fourth-order valence-corrected chi connectivity index (χ4v) is 4.33. The fourth-order valence-electron chi connectivity index (χ4n) is 4.33. The van der Waals surface area contributed by atoms with E-state index in [1.165, 1.54) is 19.3 Å². The minimum Gasteiger partial charge on any atom is -0.393 e. The number of amides is 3. The molecule has 6 heteroatoms. The summed E-state index contributed by atoms with van der Waals surface area (Å²) in [5, 5.41) is 12.9. The Labute approximate surface area is 164 Å². The SMILES string of the molecule is CCOCCCCCCCC1C(=O)NC(=O)N1CCC(O)C1CCCCC1. The van der Waals surface area contributed by atoms with Crippen molar-refractivity contribution >= 4 is 11.9 Å². The van der Waals surface area contributed by atoms with Gasteiger partial charge in [0.25, 0.3) is 5.91 Å². The number of hydrogen-bond acceptors (Lipinski definition) is 4. The number of hydrogen-bond donors (Lipinski definition) is 2. The topological polar surface area (TPSA) is 78.9 Å². The molecule has 2 N–H and O–H groups in total. The lowest BCUT2D eigenvalue weighted by Crippen LogP contribution is -2.38. The van der Waals surface area contributed by atoms with E-state index in [9.17, 15) is 14.7 Å². The molecule has 6 nitrogen and oxygen atoms in total. The molecule has 2 atom stereocenters. The highest BCUT2D eigenvalue weighted by Crippen LogP contribution is 2.28. The van der Waals surface area contributed by atoms with Crippen molar-refractivity contribution in [1.82, 2.24) is 10.2 Å². The van der Waals surface area contributed by atoms with E-state index in [-0.39, 0.29) is 24.1 Å². The van der Waals surface area contributed by atoms with Gasteiger partial charge in [0.1, 0.15) is 6.04 Å². The number of carbonyl (C=O) groups is 2. The summed E-state index contributed by atoms with van der Waals surface area (Å²) in [7, 11) is 0. The Bertz CT molecular complexity index is 451. The summed E-state index contributed by atoms with van der Waals surface area (Å²) in [5.74, 6) is 0.179. The maximum absolute atomic E-state index is 12.1. The van der Waals surface area contributed by atoms with E-state index in [0.29, 0.717) is 25.3 Å². The van der Waals surface area contributed by atoms with Gasteiger partial charge in [0, 0.05) is 19.8 Å². The minimum absolute atomic E-state index is 0.177. The largest absolute Gasteiger partial charge is 0.393 e. The van der Waals surface area contributed by atoms with Gasteiger partial charge in [0.2, 0.25) is 0 Å². The number of nitrogens with one attached hydrogen (secondary N) is 1. The van der Waals surface area contributed by atoms with Crippen molar-refractivity contribution in [3.05, 3.63) is 0 Å². The Morgan fingerprint density at radius 2 is 1.81 bits per heavy atom. The molecule has 0 aromatic carbocycles. The third-order valence-electron chi connectivity index (χ3n) is 6.00. The Balaban J connectivity index is 1.67. The molecule has 0 spiro atoms. The Morgan fingerprint density at radius 1 is 1.11 bits per heavy atom. The van der Waals surface area contributed by atoms with Crippen LogP contribution in [0.2, 0.25) is 0 Å². The van der Waals surface area contributed by atoms with Crippen LogP contribution in [0.5, 0.6) is 0 Å². The number of carbonyl (C=O) groups excluding carboxylic acids is 2. The van der Waals surface area contributed by atoms with E-state index in [0.717, 1.165) is 58.2 Å². The highest BCUT2D eigenvalue weighted by atomic mass is 16.5. The standard InChI is InChI=1S/C21H38N2O4/c1-2-27-16-10-5-3-4-9-13-18-20(25)22-21(26)23(18)15-14-19(24)17-11-7-6-8-12-17/h17-19,24H,2-16H2,1H3,(H,22,25,26). The molecule has 156 valence electrons. The summed E-state index contributed by atoms with van der Waals surface area (Å²) in [6.07, 6.45) is 12.1. The second-order valence-electron chi connectivity index (χ2n) is 8.01. The van der Waals surface area contributed by atoms with Crippen LogP contribution in [0.4, 0.5) is 4.79 Å². The number of ether oxygens (including phenoxy) is 1. The van der Waals surface area contributed by atoms with Gasteiger partial charge in [0.05, 0.1) is 6.10 Å². The molecule has 1 saturated carbocycles. The fraction of sp³-hybridized carbons (Fsp3) is 0.905. The van der Waals surface area contributed by atoms with Crippen LogP contribution in [0.25, 0.3) is 0 Å². The van der Waals surface area contributed by atoms with Crippen LogP contribution in [0.1, 0.15) is 84.0 Å². The summed E-state index contributed by atoms with van der Waals surface area (Å²) in [5.41, 5.74) is 0. The molecular weight excluding hydrogens is 344 g/mol. The normalized spacial score (nSPS) is 22.3. The first-order valence-corrected chi connectivity index (χ1v) is 11.0. The van der Waals surface area contributed by atoms with Crippen molar-refractivity contribution in [2.45, 2.75) is 96.1 Å². The molecule has 27 heavy (non-hydrogen) atoms. The average molecular weight is 383 g/mol. The van der Waals surface area contributed by atoms with E-state index >= 15 is 0 Å². The van der Waals surface area contributed by atoms with E-state index < -0.39 is 0 Å². The smallest absolute Gasteiger partial charge is 0.324 e. The summed E-state index contributed by atoms with van der Waals surface area (Å²) in [6.45, 7) is 4.07. The van der Waals surface area contributed by atoms with Crippen molar-refractivity contribution in [2.75, 3.05) is 19.8 Å². The van der Waals surface area contributed by atoms with Crippen molar-refractivity contribution in [1.29, 1.82) is 0 Å². The number of aliphatic hydroxyl groups is 1. The average Bonchev–Trinajstić information content (AvgIpc) is 2.95. The maximum atomic E-state index is 12.1. The zero-order valence-electron chi connectivity index (χ0n) is 17.0. The molecule has 0 radical (unpaired) electrons. The molecule has 1 aliphatic carbocycles. The van der Waals surface area contributed by atoms with E-state index in [2.05, 4.69) is 5.32 Å². The van der Waals surface area contributed by atoms with Gasteiger partial charge in [-0.05, 0) is 44.9 Å². The van der Waals surface area contributed by atoms with Crippen LogP contribution in [0.3, 0.4) is 0 Å². The highest BCUT2D eigenvalue weighted by molar-refractivity contribution is 6.04. The van der Waals surface area contributed by atoms with Crippen molar-refractivity contribution < 1.29 is 19.4 Å². The first-order valence-electron chi connectivity index (χ1n) is 11.0. The second-order valence-corrected chi connectivity index (χ2v) is 8.01.